The van der Waals surface area contributed by atoms with Crippen molar-refractivity contribution in [2.24, 2.45) is 0 Å². The van der Waals surface area contributed by atoms with Gasteiger partial charge in [0.25, 0.3) is 0 Å². The summed E-state index contributed by atoms with van der Waals surface area (Å²) in [6.45, 7) is 6.16. The maximum atomic E-state index is 4.47. The molecule has 0 bridgehead atoms. The summed E-state index contributed by atoms with van der Waals surface area (Å²) in [5.74, 6) is 1.09. The largest absolute Gasteiger partial charge is 0.339 e. The Hall–Kier alpha value is -2.47. The van der Waals surface area contributed by atoms with Crippen molar-refractivity contribution in [1.82, 2.24) is 15.2 Å². The van der Waals surface area contributed by atoms with E-state index >= 15 is 0 Å². The molecule has 5 nitrogen and oxygen atoms in total. The van der Waals surface area contributed by atoms with Gasteiger partial charge in [0.2, 0.25) is 5.95 Å². The van der Waals surface area contributed by atoms with Crippen LogP contribution in [0.4, 0.5) is 23.1 Å². The summed E-state index contributed by atoms with van der Waals surface area (Å²) < 4.78 is 1.08. The number of anilines is 4. The number of aromatic nitrogens is 3. The second kappa shape index (κ2) is 6.97. The Bertz CT molecular complexity index is 859. The first-order chi connectivity index (χ1) is 11.5. The van der Waals surface area contributed by atoms with Crippen LogP contribution in [-0.4, -0.2) is 15.2 Å². The molecule has 3 aromatic rings. The number of nitrogens with one attached hydrogen (secondary N) is 2. The lowest BCUT2D eigenvalue weighted by Crippen LogP contribution is -2.02. The SMILES string of the molecule is Cc1cc(C)cc(Nc2nncc(Nc3ccc(Br)c(C)c3)n2)c1. The Morgan fingerprint density at radius 3 is 2.33 bits per heavy atom. The first kappa shape index (κ1) is 16.4. The van der Waals surface area contributed by atoms with Crippen LogP contribution in [0, 0.1) is 20.8 Å². The van der Waals surface area contributed by atoms with Crippen LogP contribution < -0.4 is 10.6 Å². The van der Waals surface area contributed by atoms with Crippen LogP contribution in [0.2, 0.25) is 0 Å². The molecule has 2 aromatic carbocycles. The Morgan fingerprint density at radius 2 is 1.62 bits per heavy atom. The molecular weight excluding hydrogens is 366 g/mol. The van der Waals surface area contributed by atoms with Gasteiger partial charge in [0.05, 0.1) is 6.20 Å². The Balaban J connectivity index is 1.79. The highest BCUT2D eigenvalue weighted by molar-refractivity contribution is 9.10. The van der Waals surface area contributed by atoms with E-state index in [1.54, 1.807) is 6.20 Å². The molecule has 0 aliphatic heterocycles. The van der Waals surface area contributed by atoms with E-state index in [0.29, 0.717) is 11.8 Å². The third kappa shape index (κ3) is 4.08. The molecular formula is C18H18BrN5. The molecule has 0 spiro atoms. The Labute approximate surface area is 149 Å². The van der Waals surface area contributed by atoms with Gasteiger partial charge in [0.1, 0.15) is 0 Å². The van der Waals surface area contributed by atoms with E-state index in [1.165, 1.54) is 11.1 Å². The quantitative estimate of drug-likeness (QED) is 0.659. The van der Waals surface area contributed by atoms with Crippen molar-refractivity contribution in [2.75, 3.05) is 10.6 Å². The third-order valence-electron chi connectivity index (χ3n) is 3.47. The normalized spacial score (nSPS) is 10.5. The van der Waals surface area contributed by atoms with Gasteiger partial charge in [0, 0.05) is 15.8 Å². The maximum Gasteiger partial charge on any atom is 0.249 e. The van der Waals surface area contributed by atoms with Crippen molar-refractivity contribution in [2.45, 2.75) is 20.8 Å². The number of benzene rings is 2. The average Bonchev–Trinajstić information content (AvgIpc) is 2.50. The second-order valence-electron chi connectivity index (χ2n) is 5.76. The number of hydrogen-bond acceptors (Lipinski definition) is 5. The van der Waals surface area contributed by atoms with Crippen LogP contribution in [0.1, 0.15) is 16.7 Å². The van der Waals surface area contributed by atoms with Gasteiger partial charge in [-0.1, -0.05) is 22.0 Å². The molecule has 24 heavy (non-hydrogen) atoms. The monoisotopic (exact) mass is 383 g/mol. The summed E-state index contributed by atoms with van der Waals surface area (Å²) in [4.78, 5) is 4.47. The first-order valence-electron chi connectivity index (χ1n) is 7.58. The van der Waals surface area contributed by atoms with E-state index in [1.807, 2.05) is 25.1 Å². The van der Waals surface area contributed by atoms with E-state index in [-0.39, 0.29) is 0 Å². The van der Waals surface area contributed by atoms with E-state index in [9.17, 15) is 0 Å². The van der Waals surface area contributed by atoms with Crippen LogP contribution in [0.25, 0.3) is 0 Å². The summed E-state index contributed by atoms with van der Waals surface area (Å²) in [7, 11) is 0. The van der Waals surface area contributed by atoms with Gasteiger partial charge >= 0.3 is 0 Å². The zero-order valence-corrected chi connectivity index (χ0v) is 15.3. The highest BCUT2D eigenvalue weighted by atomic mass is 79.9. The number of nitrogens with zero attached hydrogens (tertiary/aromatic N) is 3. The van der Waals surface area contributed by atoms with E-state index in [4.69, 9.17) is 0 Å². The van der Waals surface area contributed by atoms with E-state index in [0.717, 1.165) is 21.4 Å². The number of rotatable bonds is 4. The predicted octanol–water partition coefficient (Wildman–Crippen LogP) is 5.05. The molecule has 6 heteroatoms. The van der Waals surface area contributed by atoms with Crippen LogP contribution >= 0.6 is 15.9 Å². The summed E-state index contributed by atoms with van der Waals surface area (Å²) in [5.41, 5.74) is 5.42. The summed E-state index contributed by atoms with van der Waals surface area (Å²) in [6.07, 6.45) is 1.60. The molecule has 0 radical (unpaired) electrons. The third-order valence-corrected chi connectivity index (χ3v) is 4.36. The molecule has 0 saturated heterocycles. The van der Waals surface area contributed by atoms with Gasteiger partial charge in [-0.15, -0.1) is 5.10 Å². The summed E-state index contributed by atoms with van der Waals surface area (Å²) in [5, 5.41) is 14.5. The lowest BCUT2D eigenvalue weighted by molar-refractivity contribution is 0.982. The molecule has 3 rings (SSSR count). The molecule has 1 heterocycles. The standard InChI is InChI=1S/C18H18BrN5/c1-11-6-12(2)8-15(7-11)22-18-23-17(10-20-24-18)21-14-4-5-16(19)13(3)9-14/h4-10H,1-3H3,(H2,21,22,23,24). The molecule has 0 aliphatic rings. The second-order valence-corrected chi connectivity index (χ2v) is 6.61. The minimum absolute atomic E-state index is 0.457. The maximum absolute atomic E-state index is 4.47. The molecule has 1 aromatic heterocycles. The van der Waals surface area contributed by atoms with Crippen molar-refractivity contribution in [3.05, 3.63) is 63.8 Å². The molecule has 0 fully saturated rings. The fourth-order valence-corrected chi connectivity index (χ4v) is 2.71. The number of aryl methyl sites for hydroxylation is 3. The van der Waals surface area contributed by atoms with Gasteiger partial charge in [-0.05, 0) is 67.8 Å². The zero-order chi connectivity index (χ0) is 17.1. The molecule has 122 valence electrons. The van der Waals surface area contributed by atoms with Gasteiger partial charge in [0.15, 0.2) is 5.82 Å². The average molecular weight is 384 g/mol. The zero-order valence-electron chi connectivity index (χ0n) is 13.8. The van der Waals surface area contributed by atoms with E-state index < -0.39 is 0 Å². The lowest BCUT2D eigenvalue weighted by atomic mass is 10.1. The van der Waals surface area contributed by atoms with Gasteiger partial charge in [-0.2, -0.15) is 10.1 Å². The van der Waals surface area contributed by atoms with Crippen LogP contribution in [0.5, 0.6) is 0 Å². The highest BCUT2D eigenvalue weighted by Gasteiger charge is 2.04. The van der Waals surface area contributed by atoms with Crippen molar-refractivity contribution in [1.29, 1.82) is 0 Å². The molecule has 0 saturated carbocycles. The fourth-order valence-electron chi connectivity index (χ4n) is 2.46. The Kier molecular flexibility index (Phi) is 4.76. The smallest absolute Gasteiger partial charge is 0.249 e. The molecule has 0 amide bonds. The highest BCUT2D eigenvalue weighted by Crippen LogP contribution is 2.23. The van der Waals surface area contributed by atoms with Crippen molar-refractivity contribution < 1.29 is 0 Å². The van der Waals surface area contributed by atoms with Crippen molar-refractivity contribution in [3.8, 4) is 0 Å². The topological polar surface area (TPSA) is 62.7 Å². The van der Waals surface area contributed by atoms with Gasteiger partial charge in [-0.3, -0.25) is 0 Å². The van der Waals surface area contributed by atoms with Crippen LogP contribution in [0.3, 0.4) is 0 Å². The molecule has 0 unspecified atom stereocenters. The van der Waals surface area contributed by atoms with Crippen molar-refractivity contribution >= 4 is 39.1 Å². The van der Waals surface area contributed by atoms with Crippen LogP contribution in [0.15, 0.2) is 47.1 Å². The molecule has 2 N–H and O–H groups in total. The first-order valence-corrected chi connectivity index (χ1v) is 8.37. The summed E-state index contributed by atoms with van der Waals surface area (Å²) in [6, 6.07) is 12.3. The Morgan fingerprint density at radius 1 is 0.875 bits per heavy atom. The van der Waals surface area contributed by atoms with Gasteiger partial charge in [-0.25, -0.2) is 0 Å². The minimum Gasteiger partial charge on any atom is -0.339 e. The van der Waals surface area contributed by atoms with Crippen LogP contribution in [-0.2, 0) is 0 Å². The van der Waals surface area contributed by atoms with Gasteiger partial charge < -0.3 is 10.6 Å². The molecule has 0 aliphatic carbocycles. The number of hydrogen-bond donors (Lipinski definition) is 2. The van der Waals surface area contributed by atoms with E-state index in [2.05, 4.69) is 73.8 Å². The summed E-state index contributed by atoms with van der Waals surface area (Å²) >= 11 is 3.50. The number of halogens is 1. The predicted molar refractivity (Wildman–Crippen MR) is 101 cm³/mol. The minimum atomic E-state index is 0.457. The van der Waals surface area contributed by atoms with Crippen molar-refractivity contribution in [3.63, 3.8) is 0 Å². The molecule has 0 atom stereocenters. The fraction of sp³-hybridized carbons (Fsp3) is 0.167. The lowest BCUT2D eigenvalue weighted by Gasteiger charge is -2.09.